The van der Waals surface area contributed by atoms with E-state index in [1.165, 1.54) is 4.31 Å². The van der Waals surface area contributed by atoms with Crippen LogP contribution in [0.15, 0.2) is 58.3 Å². The Hall–Kier alpha value is -2.07. The fourth-order valence-electron chi connectivity index (χ4n) is 3.44. The highest BCUT2D eigenvalue weighted by Gasteiger charge is 2.28. The van der Waals surface area contributed by atoms with Gasteiger partial charge >= 0.3 is 0 Å². The Bertz CT molecular complexity index is 973. The topological polar surface area (TPSA) is 79.0 Å². The smallest absolute Gasteiger partial charge is 0.243 e. The summed E-state index contributed by atoms with van der Waals surface area (Å²) in [5, 5.41) is 2.97. The van der Waals surface area contributed by atoms with Crippen molar-refractivity contribution in [2.45, 2.75) is 23.1 Å². The van der Waals surface area contributed by atoms with E-state index in [1.807, 2.05) is 37.4 Å². The van der Waals surface area contributed by atoms with E-state index in [9.17, 15) is 13.2 Å². The minimum Gasteiger partial charge on any atom is -0.494 e. The molecule has 0 bridgehead atoms. The second kappa shape index (κ2) is 11.0. The van der Waals surface area contributed by atoms with E-state index in [-0.39, 0.29) is 10.8 Å². The van der Waals surface area contributed by atoms with E-state index in [4.69, 9.17) is 4.74 Å². The first-order valence-electron chi connectivity index (χ1n) is 10.3. The molecule has 1 N–H and O–H groups in total. The average molecular weight is 464 g/mol. The highest BCUT2D eigenvalue weighted by Crippen LogP contribution is 2.25. The third-order valence-electron chi connectivity index (χ3n) is 5.14. The molecule has 3 rings (SSSR count). The Labute approximate surface area is 188 Å². The standard InChI is InChI=1S/C22H29N3O4S2/c1-3-29-18-8-10-19(11-9-18)31(27,28)25-16-14-24(15-17-25)13-12-22(26)23-20-6-4-5-7-21(20)30-2/h4-11H,3,12-17H2,1-2H3,(H,23,26). The summed E-state index contributed by atoms with van der Waals surface area (Å²) in [6.45, 7) is 5.05. The molecule has 1 aliphatic rings. The van der Waals surface area contributed by atoms with E-state index < -0.39 is 10.0 Å². The van der Waals surface area contributed by atoms with Crippen LogP contribution >= 0.6 is 11.8 Å². The number of piperazine rings is 1. The zero-order valence-corrected chi connectivity index (χ0v) is 19.5. The lowest BCUT2D eigenvalue weighted by atomic mass is 10.3. The maximum absolute atomic E-state index is 12.9. The second-order valence-electron chi connectivity index (χ2n) is 7.15. The molecule has 168 valence electrons. The van der Waals surface area contributed by atoms with Crippen LogP contribution in [0.1, 0.15) is 13.3 Å². The lowest BCUT2D eigenvalue weighted by Crippen LogP contribution is -2.49. The van der Waals surface area contributed by atoms with Gasteiger partial charge in [-0.05, 0) is 49.6 Å². The number of carbonyl (C=O) groups excluding carboxylic acids is 1. The largest absolute Gasteiger partial charge is 0.494 e. The summed E-state index contributed by atoms with van der Waals surface area (Å²) < 4.78 is 32.7. The first kappa shape index (κ1) is 23.6. The molecular weight excluding hydrogens is 434 g/mol. The molecule has 31 heavy (non-hydrogen) atoms. The maximum atomic E-state index is 12.9. The fraction of sp³-hybridized carbons (Fsp3) is 0.409. The molecule has 2 aromatic rings. The van der Waals surface area contributed by atoms with E-state index >= 15 is 0 Å². The number of ether oxygens (including phenoxy) is 1. The molecule has 7 nitrogen and oxygen atoms in total. The van der Waals surface area contributed by atoms with Gasteiger partial charge in [0, 0.05) is 44.0 Å². The van der Waals surface area contributed by atoms with Crippen molar-refractivity contribution in [1.29, 1.82) is 0 Å². The van der Waals surface area contributed by atoms with Crippen molar-refractivity contribution >= 4 is 33.4 Å². The van der Waals surface area contributed by atoms with Gasteiger partial charge in [-0.25, -0.2) is 8.42 Å². The Morgan fingerprint density at radius 2 is 1.74 bits per heavy atom. The van der Waals surface area contributed by atoms with Gasteiger partial charge in [0.05, 0.1) is 17.2 Å². The Kier molecular flexibility index (Phi) is 8.36. The molecule has 2 aromatic carbocycles. The van der Waals surface area contributed by atoms with Gasteiger partial charge in [0.2, 0.25) is 15.9 Å². The number of para-hydroxylation sites is 1. The molecule has 1 amide bonds. The Balaban J connectivity index is 1.48. The third kappa shape index (κ3) is 6.22. The van der Waals surface area contributed by atoms with Crippen LogP contribution in [0.4, 0.5) is 5.69 Å². The first-order chi connectivity index (χ1) is 14.9. The summed E-state index contributed by atoms with van der Waals surface area (Å²) in [4.78, 5) is 15.8. The summed E-state index contributed by atoms with van der Waals surface area (Å²) in [5.74, 6) is 0.621. The van der Waals surface area contributed by atoms with E-state index in [1.54, 1.807) is 36.0 Å². The first-order valence-corrected chi connectivity index (χ1v) is 13.0. The highest BCUT2D eigenvalue weighted by atomic mass is 32.2. The van der Waals surface area contributed by atoms with Crippen molar-refractivity contribution < 1.29 is 17.9 Å². The number of amides is 1. The normalized spacial score (nSPS) is 15.5. The van der Waals surface area contributed by atoms with Crippen molar-refractivity contribution in [3.05, 3.63) is 48.5 Å². The van der Waals surface area contributed by atoms with Crippen LogP contribution in [0.3, 0.4) is 0 Å². The minimum absolute atomic E-state index is 0.0362. The quantitative estimate of drug-likeness (QED) is 0.576. The number of hydrogen-bond acceptors (Lipinski definition) is 6. The molecule has 9 heteroatoms. The van der Waals surface area contributed by atoms with Crippen LogP contribution in [-0.2, 0) is 14.8 Å². The van der Waals surface area contributed by atoms with E-state index in [2.05, 4.69) is 10.2 Å². The molecule has 0 unspecified atom stereocenters. The van der Waals surface area contributed by atoms with Crippen molar-refractivity contribution in [2.75, 3.05) is 50.9 Å². The van der Waals surface area contributed by atoms with Gasteiger partial charge < -0.3 is 15.0 Å². The number of benzene rings is 2. The lowest BCUT2D eigenvalue weighted by molar-refractivity contribution is -0.116. The summed E-state index contributed by atoms with van der Waals surface area (Å²) in [7, 11) is -3.53. The summed E-state index contributed by atoms with van der Waals surface area (Å²) in [6.07, 6.45) is 2.35. The Morgan fingerprint density at radius 3 is 2.39 bits per heavy atom. The van der Waals surface area contributed by atoms with Crippen LogP contribution in [0, 0.1) is 0 Å². The van der Waals surface area contributed by atoms with Crippen molar-refractivity contribution in [3.63, 3.8) is 0 Å². The minimum atomic E-state index is -3.53. The number of hydrogen-bond donors (Lipinski definition) is 1. The summed E-state index contributed by atoms with van der Waals surface area (Å²) >= 11 is 1.59. The van der Waals surface area contributed by atoms with Gasteiger partial charge in [-0.1, -0.05) is 12.1 Å². The lowest BCUT2D eigenvalue weighted by Gasteiger charge is -2.33. The van der Waals surface area contributed by atoms with Crippen LogP contribution in [-0.4, -0.2) is 69.1 Å². The third-order valence-corrected chi connectivity index (χ3v) is 7.85. The van der Waals surface area contributed by atoms with Crippen LogP contribution in [0.5, 0.6) is 5.75 Å². The number of carbonyl (C=O) groups is 1. The van der Waals surface area contributed by atoms with Crippen LogP contribution in [0.2, 0.25) is 0 Å². The molecule has 1 aliphatic heterocycles. The number of nitrogens with zero attached hydrogens (tertiary/aromatic N) is 2. The molecular formula is C22H29N3O4S2. The molecule has 0 saturated carbocycles. The average Bonchev–Trinajstić information content (AvgIpc) is 2.79. The van der Waals surface area contributed by atoms with Crippen molar-refractivity contribution in [2.24, 2.45) is 0 Å². The predicted octanol–water partition coefficient (Wildman–Crippen LogP) is 3.14. The monoisotopic (exact) mass is 463 g/mol. The van der Waals surface area contributed by atoms with Gasteiger partial charge in [0.25, 0.3) is 0 Å². The molecule has 1 heterocycles. The molecule has 0 aliphatic carbocycles. The number of sulfonamides is 1. The number of nitrogens with one attached hydrogen (secondary N) is 1. The van der Waals surface area contributed by atoms with E-state index in [0.29, 0.717) is 51.5 Å². The maximum Gasteiger partial charge on any atom is 0.243 e. The van der Waals surface area contributed by atoms with Crippen molar-refractivity contribution in [1.82, 2.24) is 9.21 Å². The molecule has 0 spiro atoms. The van der Waals surface area contributed by atoms with Crippen LogP contribution in [0.25, 0.3) is 0 Å². The predicted molar refractivity (Wildman–Crippen MR) is 124 cm³/mol. The summed E-state index contributed by atoms with van der Waals surface area (Å²) in [6, 6.07) is 14.3. The molecule has 1 saturated heterocycles. The SMILES string of the molecule is CCOc1ccc(S(=O)(=O)N2CCN(CCC(=O)Nc3ccccc3SC)CC2)cc1. The van der Waals surface area contributed by atoms with Crippen LogP contribution < -0.4 is 10.1 Å². The Morgan fingerprint density at radius 1 is 1.06 bits per heavy atom. The zero-order valence-electron chi connectivity index (χ0n) is 17.9. The second-order valence-corrected chi connectivity index (χ2v) is 9.93. The molecule has 0 radical (unpaired) electrons. The van der Waals surface area contributed by atoms with Gasteiger partial charge in [-0.2, -0.15) is 4.31 Å². The molecule has 1 fully saturated rings. The van der Waals surface area contributed by atoms with Gasteiger partial charge in [-0.3, -0.25) is 4.79 Å². The number of thioether (sulfide) groups is 1. The highest BCUT2D eigenvalue weighted by molar-refractivity contribution is 7.98. The summed E-state index contributed by atoms with van der Waals surface area (Å²) in [5.41, 5.74) is 0.825. The number of rotatable bonds is 9. The van der Waals surface area contributed by atoms with E-state index in [0.717, 1.165) is 10.6 Å². The fourth-order valence-corrected chi connectivity index (χ4v) is 5.41. The van der Waals surface area contributed by atoms with Gasteiger partial charge in [0.1, 0.15) is 5.75 Å². The number of anilines is 1. The molecule has 0 aromatic heterocycles. The van der Waals surface area contributed by atoms with Gasteiger partial charge in [-0.15, -0.1) is 11.8 Å². The zero-order chi connectivity index (χ0) is 22.3. The molecule has 0 atom stereocenters. The van der Waals surface area contributed by atoms with Gasteiger partial charge in [0.15, 0.2) is 0 Å². The van der Waals surface area contributed by atoms with Crippen molar-refractivity contribution in [3.8, 4) is 5.75 Å².